The summed E-state index contributed by atoms with van der Waals surface area (Å²) in [6, 6.07) is 14.1. The predicted molar refractivity (Wildman–Crippen MR) is 120 cm³/mol. The van der Waals surface area contributed by atoms with Crippen LogP contribution < -0.4 is 20.1 Å². The van der Waals surface area contributed by atoms with Crippen LogP contribution in [0.15, 0.2) is 60.8 Å². The van der Waals surface area contributed by atoms with Crippen molar-refractivity contribution in [3.63, 3.8) is 0 Å². The first-order chi connectivity index (χ1) is 15.8. The van der Waals surface area contributed by atoms with Crippen LogP contribution in [0, 0.1) is 5.82 Å². The molecule has 172 valence electrons. The molecule has 33 heavy (non-hydrogen) atoms. The molecule has 10 heteroatoms. The zero-order valence-electron chi connectivity index (χ0n) is 17.5. The minimum absolute atomic E-state index is 0.0308. The van der Waals surface area contributed by atoms with E-state index in [9.17, 15) is 14.0 Å². The van der Waals surface area contributed by atoms with Gasteiger partial charge < -0.3 is 25.2 Å². The first-order valence-electron chi connectivity index (χ1n) is 9.87. The molecule has 2 aromatic carbocycles. The Kier molecular flexibility index (Phi) is 8.04. The highest BCUT2D eigenvalue weighted by atomic mass is 35.5. The highest BCUT2D eigenvalue weighted by Crippen LogP contribution is 2.26. The molecule has 0 saturated carbocycles. The highest BCUT2D eigenvalue weighted by molar-refractivity contribution is 6.34. The Hall–Kier alpha value is -3.85. The number of rotatable bonds is 9. The summed E-state index contributed by atoms with van der Waals surface area (Å²) in [4.78, 5) is 27.1. The number of nitrogens with zero attached hydrogens (tertiary/aromatic N) is 1. The molecule has 1 aromatic heterocycles. The minimum atomic E-state index is -1.16. The van der Waals surface area contributed by atoms with Crippen LogP contribution in [-0.2, 0) is 6.61 Å². The van der Waals surface area contributed by atoms with Crippen LogP contribution in [0.4, 0.5) is 14.9 Å². The third-order valence-electron chi connectivity index (χ3n) is 4.36. The normalized spacial score (nSPS) is 11.4. The van der Waals surface area contributed by atoms with Crippen molar-refractivity contribution < 1.29 is 28.6 Å². The number of anilines is 1. The SMILES string of the molecule is C[C@@H](COc1cc(Cl)c(NC(=O)c2ccc(OCc3ccccc3)c(F)c2)cn1)NC(=O)O. The Morgan fingerprint density at radius 1 is 1.15 bits per heavy atom. The number of aromatic nitrogens is 1. The Morgan fingerprint density at radius 3 is 2.58 bits per heavy atom. The van der Waals surface area contributed by atoms with Crippen molar-refractivity contribution in [2.75, 3.05) is 11.9 Å². The average molecular weight is 474 g/mol. The Morgan fingerprint density at radius 2 is 1.91 bits per heavy atom. The summed E-state index contributed by atoms with van der Waals surface area (Å²) in [6.07, 6.45) is 0.126. The molecule has 8 nitrogen and oxygen atoms in total. The lowest BCUT2D eigenvalue weighted by Crippen LogP contribution is -2.35. The van der Waals surface area contributed by atoms with Crippen molar-refractivity contribution in [2.24, 2.45) is 0 Å². The fourth-order valence-corrected chi connectivity index (χ4v) is 2.93. The van der Waals surface area contributed by atoms with Crippen molar-refractivity contribution in [2.45, 2.75) is 19.6 Å². The van der Waals surface area contributed by atoms with E-state index >= 15 is 0 Å². The standard InChI is InChI=1S/C23H21ClFN3O5/c1-14(27-23(30)31)12-33-21-10-17(24)19(11-26-21)28-22(29)16-7-8-20(18(25)9-16)32-13-15-5-3-2-4-6-15/h2-11,14,27H,12-13H2,1H3,(H,28,29)(H,30,31)/t14-/m0/s1. The second kappa shape index (κ2) is 11.1. The summed E-state index contributed by atoms with van der Waals surface area (Å²) in [6.45, 7) is 1.87. The molecule has 3 N–H and O–H groups in total. The van der Waals surface area contributed by atoms with Gasteiger partial charge in [0.25, 0.3) is 5.91 Å². The maximum absolute atomic E-state index is 14.4. The molecular weight excluding hydrogens is 453 g/mol. The number of nitrogens with one attached hydrogen (secondary N) is 2. The summed E-state index contributed by atoms with van der Waals surface area (Å²) in [5, 5.41) is 13.6. The van der Waals surface area contributed by atoms with Crippen LogP contribution in [0.2, 0.25) is 5.02 Å². The molecule has 0 unspecified atom stereocenters. The lowest BCUT2D eigenvalue weighted by Gasteiger charge is -2.13. The third-order valence-corrected chi connectivity index (χ3v) is 4.67. The summed E-state index contributed by atoms with van der Waals surface area (Å²) < 4.78 is 25.3. The fraction of sp³-hybridized carbons (Fsp3) is 0.174. The molecule has 0 bridgehead atoms. The number of carbonyl (C=O) groups is 2. The van der Waals surface area contributed by atoms with E-state index in [4.69, 9.17) is 26.2 Å². The number of hydrogen-bond acceptors (Lipinski definition) is 5. The molecule has 0 fully saturated rings. The van der Waals surface area contributed by atoms with Crippen LogP contribution in [-0.4, -0.2) is 34.7 Å². The van der Waals surface area contributed by atoms with E-state index in [-0.39, 0.29) is 41.1 Å². The molecule has 3 rings (SSSR count). The van der Waals surface area contributed by atoms with Gasteiger partial charge in [-0.1, -0.05) is 41.9 Å². The van der Waals surface area contributed by atoms with Crippen LogP contribution in [0.25, 0.3) is 0 Å². The zero-order valence-corrected chi connectivity index (χ0v) is 18.3. The summed E-state index contributed by atoms with van der Waals surface area (Å²) in [7, 11) is 0. The maximum atomic E-state index is 14.4. The fourth-order valence-electron chi connectivity index (χ4n) is 2.74. The topological polar surface area (TPSA) is 110 Å². The lowest BCUT2D eigenvalue weighted by molar-refractivity contribution is 0.102. The summed E-state index contributed by atoms with van der Waals surface area (Å²) >= 11 is 6.18. The quantitative estimate of drug-likeness (QED) is 0.414. The number of carbonyl (C=O) groups excluding carboxylic acids is 1. The lowest BCUT2D eigenvalue weighted by atomic mass is 10.2. The molecular formula is C23H21ClFN3O5. The first-order valence-corrected chi connectivity index (χ1v) is 10.2. The number of ether oxygens (including phenoxy) is 2. The summed E-state index contributed by atoms with van der Waals surface area (Å²) in [5.74, 6) is -1.07. The van der Waals surface area contributed by atoms with Crippen LogP contribution in [0.3, 0.4) is 0 Å². The number of pyridine rings is 1. The molecule has 1 atom stereocenters. The van der Waals surface area contributed by atoms with Crippen LogP contribution in [0.5, 0.6) is 11.6 Å². The van der Waals surface area contributed by atoms with Gasteiger partial charge in [0.1, 0.15) is 13.2 Å². The number of hydrogen-bond donors (Lipinski definition) is 3. The number of halogens is 2. The van der Waals surface area contributed by atoms with Crippen molar-refractivity contribution in [1.82, 2.24) is 10.3 Å². The van der Waals surface area contributed by atoms with Gasteiger partial charge >= 0.3 is 6.09 Å². The zero-order chi connectivity index (χ0) is 23.8. The van der Waals surface area contributed by atoms with Crippen LogP contribution in [0.1, 0.15) is 22.8 Å². The second-order valence-electron chi connectivity index (χ2n) is 7.04. The predicted octanol–water partition coefficient (Wildman–Crippen LogP) is 4.74. The highest BCUT2D eigenvalue weighted by Gasteiger charge is 2.14. The van der Waals surface area contributed by atoms with Gasteiger partial charge in [-0.15, -0.1) is 0 Å². The molecule has 0 aliphatic carbocycles. The smallest absolute Gasteiger partial charge is 0.404 e. The van der Waals surface area contributed by atoms with Gasteiger partial charge in [0.2, 0.25) is 5.88 Å². The Balaban J connectivity index is 1.59. The van der Waals surface area contributed by atoms with Crippen molar-refractivity contribution in [3.05, 3.63) is 82.8 Å². The third kappa shape index (κ3) is 7.08. The monoisotopic (exact) mass is 473 g/mol. The van der Waals surface area contributed by atoms with E-state index in [1.165, 1.54) is 24.4 Å². The number of benzene rings is 2. The molecule has 0 saturated heterocycles. The molecule has 0 radical (unpaired) electrons. The maximum Gasteiger partial charge on any atom is 0.404 e. The van der Waals surface area contributed by atoms with Gasteiger partial charge in [-0.3, -0.25) is 4.79 Å². The van der Waals surface area contributed by atoms with E-state index in [1.807, 2.05) is 30.3 Å². The van der Waals surface area contributed by atoms with Gasteiger partial charge in [-0.25, -0.2) is 14.2 Å². The van der Waals surface area contributed by atoms with Gasteiger partial charge in [-0.2, -0.15) is 0 Å². The molecule has 2 amide bonds. The average Bonchev–Trinajstić information content (AvgIpc) is 2.78. The van der Waals surface area contributed by atoms with E-state index in [2.05, 4.69) is 15.6 Å². The Labute approximate surface area is 194 Å². The van der Waals surface area contributed by atoms with E-state index < -0.39 is 23.9 Å². The van der Waals surface area contributed by atoms with Crippen molar-refractivity contribution >= 4 is 29.3 Å². The van der Waals surface area contributed by atoms with Gasteiger partial charge in [0.05, 0.1) is 22.9 Å². The van der Waals surface area contributed by atoms with E-state index in [0.29, 0.717) is 0 Å². The van der Waals surface area contributed by atoms with Crippen molar-refractivity contribution in [3.8, 4) is 11.6 Å². The molecule has 0 spiro atoms. The summed E-state index contributed by atoms with van der Waals surface area (Å²) in [5.41, 5.74) is 1.17. The molecule has 1 heterocycles. The van der Waals surface area contributed by atoms with Gasteiger partial charge in [0.15, 0.2) is 11.6 Å². The molecule has 3 aromatic rings. The van der Waals surface area contributed by atoms with Gasteiger partial charge in [-0.05, 0) is 30.7 Å². The first kappa shape index (κ1) is 23.8. The largest absolute Gasteiger partial charge is 0.486 e. The number of carboxylic acid groups (broad SMARTS) is 1. The van der Waals surface area contributed by atoms with Gasteiger partial charge in [0, 0.05) is 11.6 Å². The Bertz CT molecular complexity index is 1130. The number of amides is 2. The molecule has 0 aliphatic heterocycles. The van der Waals surface area contributed by atoms with E-state index in [1.54, 1.807) is 6.92 Å². The van der Waals surface area contributed by atoms with E-state index in [0.717, 1.165) is 11.6 Å². The second-order valence-corrected chi connectivity index (χ2v) is 7.44. The van der Waals surface area contributed by atoms with Crippen molar-refractivity contribution in [1.29, 1.82) is 0 Å². The minimum Gasteiger partial charge on any atom is -0.486 e. The van der Waals surface area contributed by atoms with Crippen LogP contribution >= 0.6 is 11.6 Å². The molecule has 0 aliphatic rings.